The summed E-state index contributed by atoms with van der Waals surface area (Å²) in [5, 5.41) is 8.41. The molecule has 1 aromatic rings. The standard InChI is InChI=1S/C16H25N3O2/c1-11(2)9-17-16(21)18-10-13-6-5-7-14(8-13)15(20)19-12(3)4/h5-8,11-12H,9-10H2,1-4H3,(H,19,20)(H2,17,18,21). The van der Waals surface area contributed by atoms with Gasteiger partial charge in [0.1, 0.15) is 0 Å². The first-order chi connectivity index (χ1) is 9.88. The van der Waals surface area contributed by atoms with Crippen LogP contribution in [0, 0.1) is 5.92 Å². The number of rotatable bonds is 6. The molecule has 0 fully saturated rings. The summed E-state index contributed by atoms with van der Waals surface area (Å²) in [4.78, 5) is 23.5. The van der Waals surface area contributed by atoms with Gasteiger partial charge in [0.15, 0.2) is 0 Å². The van der Waals surface area contributed by atoms with Crippen molar-refractivity contribution in [1.29, 1.82) is 0 Å². The van der Waals surface area contributed by atoms with E-state index in [0.29, 0.717) is 24.6 Å². The molecule has 0 aliphatic heterocycles. The lowest BCUT2D eigenvalue weighted by Gasteiger charge is -2.11. The molecule has 5 heteroatoms. The molecule has 0 atom stereocenters. The maximum atomic E-state index is 11.9. The predicted molar refractivity (Wildman–Crippen MR) is 84.1 cm³/mol. The van der Waals surface area contributed by atoms with Gasteiger partial charge >= 0.3 is 6.03 Å². The van der Waals surface area contributed by atoms with Crippen LogP contribution < -0.4 is 16.0 Å². The van der Waals surface area contributed by atoms with Gasteiger partial charge in [0, 0.05) is 24.7 Å². The molecular formula is C16H25N3O2. The van der Waals surface area contributed by atoms with E-state index in [2.05, 4.69) is 16.0 Å². The van der Waals surface area contributed by atoms with E-state index in [0.717, 1.165) is 5.56 Å². The first-order valence-electron chi connectivity index (χ1n) is 7.30. The summed E-state index contributed by atoms with van der Waals surface area (Å²) in [6.07, 6.45) is 0. The Hall–Kier alpha value is -2.04. The van der Waals surface area contributed by atoms with Crippen LogP contribution >= 0.6 is 0 Å². The number of carbonyl (C=O) groups excluding carboxylic acids is 2. The molecule has 0 bridgehead atoms. The van der Waals surface area contributed by atoms with Crippen molar-refractivity contribution >= 4 is 11.9 Å². The minimum Gasteiger partial charge on any atom is -0.350 e. The summed E-state index contributed by atoms with van der Waals surface area (Å²) < 4.78 is 0. The van der Waals surface area contributed by atoms with E-state index in [1.165, 1.54) is 0 Å². The average molecular weight is 291 g/mol. The smallest absolute Gasteiger partial charge is 0.315 e. The minimum atomic E-state index is -0.194. The quantitative estimate of drug-likeness (QED) is 0.752. The monoisotopic (exact) mass is 291 g/mol. The molecule has 1 aromatic carbocycles. The van der Waals surface area contributed by atoms with Gasteiger partial charge in [0.25, 0.3) is 5.91 Å². The van der Waals surface area contributed by atoms with Crippen LogP contribution in [0.3, 0.4) is 0 Å². The number of carbonyl (C=O) groups is 2. The molecule has 0 aliphatic carbocycles. The fraction of sp³-hybridized carbons (Fsp3) is 0.500. The Bertz CT molecular complexity index is 484. The topological polar surface area (TPSA) is 70.2 Å². The van der Waals surface area contributed by atoms with Crippen LogP contribution in [0.4, 0.5) is 4.79 Å². The maximum Gasteiger partial charge on any atom is 0.315 e. The molecule has 0 unspecified atom stereocenters. The molecule has 3 amide bonds. The second-order valence-corrected chi connectivity index (χ2v) is 5.79. The van der Waals surface area contributed by atoms with Crippen LogP contribution in [-0.4, -0.2) is 24.5 Å². The highest BCUT2D eigenvalue weighted by Gasteiger charge is 2.08. The largest absolute Gasteiger partial charge is 0.350 e. The average Bonchev–Trinajstić information content (AvgIpc) is 2.42. The van der Waals surface area contributed by atoms with E-state index in [1.54, 1.807) is 12.1 Å². The molecule has 0 saturated carbocycles. The SMILES string of the molecule is CC(C)CNC(=O)NCc1cccc(C(=O)NC(C)C)c1. The molecule has 0 heterocycles. The highest BCUT2D eigenvalue weighted by atomic mass is 16.2. The number of hydrogen-bond acceptors (Lipinski definition) is 2. The Labute approximate surface area is 126 Å². The highest BCUT2D eigenvalue weighted by molar-refractivity contribution is 5.94. The number of urea groups is 1. The van der Waals surface area contributed by atoms with Gasteiger partial charge in [0.05, 0.1) is 0 Å². The first-order valence-corrected chi connectivity index (χ1v) is 7.30. The molecule has 5 nitrogen and oxygen atoms in total. The maximum absolute atomic E-state index is 11.9. The lowest BCUT2D eigenvalue weighted by molar-refractivity contribution is 0.0943. The van der Waals surface area contributed by atoms with E-state index in [4.69, 9.17) is 0 Å². The van der Waals surface area contributed by atoms with Crippen LogP contribution in [0.25, 0.3) is 0 Å². The highest BCUT2D eigenvalue weighted by Crippen LogP contribution is 2.05. The van der Waals surface area contributed by atoms with Crippen molar-refractivity contribution < 1.29 is 9.59 Å². The van der Waals surface area contributed by atoms with Crippen molar-refractivity contribution in [2.24, 2.45) is 5.92 Å². The van der Waals surface area contributed by atoms with E-state index < -0.39 is 0 Å². The molecule has 21 heavy (non-hydrogen) atoms. The van der Waals surface area contributed by atoms with E-state index in [1.807, 2.05) is 39.8 Å². The Morgan fingerprint density at radius 2 is 1.81 bits per heavy atom. The molecule has 0 radical (unpaired) electrons. The second kappa shape index (κ2) is 8.29. The summed E-state index contributed by atoms with van der Waals surface area (Å²) in [6, 6.07) is 7.16. The molecule has 0 spiro atoms. The molecule has 0 aliphatic rings. The molecule has 116 valence electrons. The summed E-state index contributed by atoms with van der Waals surface area (Å²) in [7, 11) is 0. The fourth-order valence-corrected chi connectivity index (χ4v) is 1.71. The zero-order chi connectivity index (χ0) is 15.8. The minimum absolute atomic E-state index is 0.0982. The zero-order valence-corrected chi connectivity index (χ0v) is 13.2. The predicted octanol–water partition coefficient (Wildman–Crippen LogP) is 2.28. The normalized spacial score (nSPS) is 10.6. The van der Waals surface area contributed by atoms with Crippen LogP contribution in [0.2, 0.25) is 0 Å². The Morgan fingerprint density at radius 1 is 1.10 bits per heavy atom. The van der Waals surface area contributed by atoms with Gasteiger partial charge in [-0.1, -0.05) is 26.0 Å². The molecule has 0 aromatic heterocycles. The van der Waals surface area contributed by atoms with Crippen LogP contribution in [0.5, 0.6) is 0 Å². The summed E-state index contributed by atoms with van der Waals surface area (Å²) in [5.41, 5.74) is 1.50. The van der Waals surface area contributed by atoms with Crippen LogP contribution in [-0.2, 0) is 6.54 Å². The van der Waals surface area contributed by atoms with Gasteiger partial charge in [-0.05, 0) is 37.5 Å². The third-order valence-corrected chi connectivity index (χ3v) is 2.73. The van der Waals surface area contributed by atoms with Crippen LogP contribution in [0.1, 0.15) is 43.6 Å². The lowest BCUT2D eigenvalue weighted by Crippen LogP contribution is -2.37. The molecule has 3 N–H and O–H groups in total. The lowest BCUT2D eigenvalue weighted by atomic mass is 10.1. The Morgan fingerprint density at radius 3 is 2.43 bits per heavy atom. The van der Waals surface area contributed by atoms with Crippen LogP contribution in [0.15, 0.2) is 24.3 Å². The third-order valence-electron chi connectivity index (χ3n) is 2.73. The molecule has 0 saturated heterocycles. The first kappa shape index (κ1) is 17.0. The summed E-state index contributed by atoms with van der Waals surface area (Å²) >= 11 is 0. The van der Waals surface area contributed by atoms with Gasteiger partial charge in [-0.15, -0.1) is 0 Å². The zero-order valence-electron chi connectivity index (χ0n) is 13.2. The number of hydrogen-bond donors (Lipinski definition) is 3. The Balaban J connectivity index is 2.53. The Kier molecular flexibility index (Phi) is 6.72. The summed E-state index contributed by atoms with van der Waals surface area (Å²) in [6.45, 7) is 8.95. The van der Waals surface area contributed by atoms with Crippen molar-refractivity contribution in [3.63, 3.8) is 0 Å². The van der Waals surface area contributed by atoms with Gasteiger partial charge in [-0.2, -0.15) is 0 Å². The van der Waals surface area contributed by atoms with Crippen molar-refractivity contribution in [2.75, 3.05) is 6.54 Å². The van der Waals surface area contributed by atoms with E-state index in [-0.39, 0.29) is 18.0 Å². The second-order valence-electron chi connectivity index (χ2n) is 5.79. The molecular weight excluding hydrogens is 266 g/mol. The van der Waals surface area contributed by atoms with Gasteiger partial charge in [-0.25, -0.2) is 4.79 Å². The van der Waals surface area contributed by atoms with E-state index >= 15 is 0 Å². The van der Waals surface area contributed by atoms with Gasteiger partial charge < -0.3 is 16.0 Å². The van der Waals surface area contributed by atoms with Crippen molar-refractivity contribution in [2.45, 2.75) is 40.3 Å². The van der Waals surface area contributed by atoms with Crippen molar-refractivity contribution in [3.05, 3.63) is 35.4 Å². The summed E-state index contributed by atoms with van der Waals surface area (Å²) in [5.74, 6) is 0.315. The van der Waals surface area contributed by atoms with Gasteiger partial charge in [-0.3, -0.25) is 4.79 Å². The van der Waals surface area contributed by atoms with E-state index in [9.17, 15) is 9.59 Å². The van der Waals surface area contributed by atoms with Crippen molar-refractivity contribution in [3.8, 4) is 0 Å². The third kappa shape index (κ3) is 6.79. The number of benzene rings is 1. The van der Waals surface area contributed by atoms with Gasteiger partial charge in [0.2, 0.25) is 0 Å². The fourth-order valence-electron chi connectivity index (χ4n) is 1.71. The number of nitrogens with one attached hydrogen (secondary N) is 3. The van der Waals surface area contributed by atoms with Crippen molar-refractivity contribution in [1.82, 2.24) is 16.0 Å². The molecule has 1 rings (SSSR count). The number of amides is 3.